The summed E-state index contributed by atoms with van der Waals surface area (Å²) in [6, 6.07) is 3.35. The van der Waals surface area contributed by atoms with E-state index in [1.165, 1.54) is 12.1 Å². The van der Waals surface area contributed by atoms with Crippen LogP contribution in [-0.2, 0) is 13.0 Å². The molecule has 2 heterocycles. The molecule has 2 aliphatic rings. The highest BCUT2D eigenvalue weighted by molar-refractivity contribution is 6.30. The summed E-state index contributed by atoms with van der Waals surface area (Å²) in [6.45, 7) is 2.58. The van der Waals surface area contributed by atoms with Gasteiger partial charge in [0.2, 0.25) is 5.95 Å². The van der Waals surface area contributed by atoms with Crippen LogP contribution in [0.2, 0.25) is 5.02 Å². The van der Waals surface area contributed by atoms with Crippen molar-refractivity contribution < 1.29 is 18.0 Å². The van der Waals surface area contributed by atoms with E-state index in [1.54, 1.807) is 24.1 Å². The van der Waals surface area contributed by atoms with Crippen molar-refractivity contribution in [3.05, 3.63) is 52.1 Å². The number of benzene rings is 1. The third kappa shape index (κ3) is 4.45. The maximum atomic E-state index is 13.4. The van der Waals surface area contributed by atoms with Gasteiger partial charge in [0.15, 0.2) is 0 Å². The Balaban J connectivity index is 1.38. The summed E-state index contributed by atoms with van der Waals surface area (Å²) < 4.78 is 39.4. The van der Waals surface area contributed by atoms with Crippen LogP contribution < -0.4 is 10.6 Å². The van der Waals surface area contributed by atoms with E-state index in [9.17, 15) is 18.0 Å². The molecular weight excluding hydrogens is 419 g/mol. The number of amides is 2. The third-order valence-electron chi connectivity index (χ3n) is 5.44. The van der Waals surface area contributed by atoms with Crippen LogP contribution in [0.5, 0.6) is 0 Å². The first-order chi connectivity index (χ1) is 14.2. The Morgan fingerprint density at radius 1 is 1.37 bits per heavy atom. The van der Waals surface area contributed by atoms with Crippen LogP contribution >= 0.6 is 11.6 Å². The molecule has 1 saturated carbocycles. The highest BCUT2D eigenvalue weighted by Crippen LogP contribution is 2.38. The van der Waals surface area contributed by atoms with Gasteiger partial charge < -0.3 is 15.5 Å². The fraction of sp³-hybridized carbons (Fsp3) is 0.450. The first-order valence-corrected chi connectivity index (χ1v) is 10.1. The van der Waals surface area contributed by atoms with Crippen LogP contribution in [-0.4, -0.2) is 39.4 Å². The van der Waals surface area contributed by atoms with E-state index in [-0.39, 0.29) is 42.5 Å². The molecule has 160 valence electrons. The molecule has 0 radical (unpaired) electrons. The molecule has 1 atom stereocenters. The van der Waals surface area contributed by atoms with Crippen molar-refractivity contribution in [1.82, 2.24) is 20.2 Å². The van der Waals surface area contributed by atoms with Crippen molar-refractivity contribution in [3.8, 4) is 0 Å². The summed E-state index contributed by atoms with van der Waals surface area (Å²) >= 11 is 5.82. The lowest BCUT2D eigenvalue weighted by Gasteiger charge is -2.35. The lowest BCUT2D eigenvalue weighted by Crippen LogP contribution is -2.45. The zero-order chi connectivity index (χ0) is 21.5. The minimum absolute atomic E-state index is 0.00135. The molecule has 30 heavy (non-hydrogen) atoms. The maximum absolute atomic E-state index is 13.4. The average molecular weight is 440 g/mol. The molecular formula is C20H21ClF3N5O. The standard InChI is InChI=1S/C20H21ClF3N5O/c1-11(12-2-3-16(22)15(21)6-12)26-19(30)29-5-4-13-9-25-18(28-17(13)10-29)27-14-7-20(23,24)8-14/h2-3,6,9,11,14H,4-5,7-8,10H2,1H3,(H,26,30)(H,25,27,28). The van der Waals surface area contributed by atoms with E-state index in [1.807, 2.05) is 0 Å². The van der Waals surface area contributed by atoms with Crippen LogP contribution in [0.1, 0.15) is 42.6 Å². The van der Waals surface area contributed by atoms with Gasteiger partial charge in [0.25, 0.3) is 5.92 Å². The van der Waals surface area contributed by atoms with Crippen LogP contribution in [0, 0.1) is 5.82 Å². The second kappa shape index (κ2) is 7.94. The zero-order valence-electron chi connectivity index (χ0n) is 16.3. The normalized spacial score (nSPS) is 18.9. The van der Waals surface area contributed by atoms with Crippen molar-refractivity contribution in [3.63, 3.8) is 0 Å². The first kappa shape index (κ1) is 20.7. The number of anilines is 1. The third-order valence-corrected chi connectivity index (χ3v) is 5.73. The second-order valence-corrected chi connectivity index (χ2v) is 8.19. The fourth-order valence-electron chi connectivity index (χ4n) is 3.63. The lowest BCUT2D eigenvalue weighted by atomic mass is 9.88. The Bertz CT molecular complexity index is 965. The van der Waals surface area contributed by atoms with Gasteiger partial charge in [0.05, 0.1) is 23.3 Å². The fourth-order valence-corrected chi connectivity index (χ4v) is 3.82. The number of nitrogens with zero attached hydrogens (tertiary/aromatic N) is 3. The van der Waals surface area contributed by atoms with Gasteiger partial charge in [-0.15, -0.1) is 0 Å². The molecule has 10 heteroatoms. The maximum Gasteiger partial charge on any atom is 0.318 e. The number of aromatic nitrogens is 2. The predicted octanol–water partition coefficient (Wildman–Crippen LogP) is 4.31. The van der Waals surface area contributed by atoms with E-state index in [4.69, 9.17) is 11.6 Å². The van der Waals surface area contributed by atoms with Gasteiger partial charge in [-0.2, -0.15) is 0 Å². The van der Waals surface area contributed by atoms with Gasteiger partial charge >= 0.3 is 6.03 Å². The SMILES string of the molecule is CC(NC(=O)N1CCc2cnc(NC3CC(F)(F)C3)nc2C1)c1ccc(F)c(Cl)c1. The number of hydrogen-bond donors (Lipinski definition) is 2. The molecule has 1 fully saturated rings. The molecule has 6 nitrogen and oxygen atoms in total. The summed E-state index contributed by atoms with van der Waals surface area (Å²) in [7, 11) is 0. The van der Waals surface area contributed by atoms with E-state index in [0.29, 0.717) is 30.2 Å². The Morgan fingerprint density at radius 3 is 2.83 bits per heavy atom. The molecule has 1 aromatic carbocycles. The van der Waals surface area contributed by atoms with Gasteiger partial charge in [-0.05, 0) is 36.6 Å². The van der Waals surface area contributed by atoms with Crippen LogP contribution in [0.4, 0.5) is 23.9 Å². The molecule has 1 aliphatic heterocycles. The molecule has 2 N–H and O–H groups in total. The van der Waals surface area contributed by atoms with Crippen LogP contribution in [0.15, 0.2) is 24.4 Å². The summed E-state index contributed by atoms with van der Waals surface area (Å²) in [5.41, 5.74) is 2.32. The predicted molar refractivity (Wildman–Crippen MR) is 106 cm³/mol. The quantitative estimate of drug-likeness (QED) is 0.745. The van der Waals surface area contributed by atoms with Crippen LogP contribution in [0.25, 0.3) is 0 Å². The summed E-state index contributed by atoms with van der Waals surface area (Å²) in [6.07, 6.45) is 1.82. The van der Waals surface area contributed by atoms with E-state index >= 15 is 0 Å². The van der Waals surface area contributed by atoms with E-state index < -0.39 is 11.7 Å². The number of urea groups is 1. The number of rotatable bonds is 4. The van der Waals surface area contributed by atoms with Gasteiger partial charge in [-0.1, -0.05) is 17.7 Å². The molecule has 0 saturated heterocycles. The van der Waals surface area contributed by atoms with Crippen molar-refractivity contribution in [2.75, 3.05) is 11.9 Å². The minimum atomic E-state index is -2.62. The molecule has 1 aromatic heterocycles. The zero-order valence-corrected chi connectivity index (χ0v) is 17.0. The highest BCUT2D eigenvalue weighted by atomic mass is 35.5. The number of hydrogen-bond acceptors (Lipinski definition) is 4. The van der Waals surface area contributed by atoms with Gasteiger partial charge in [-0.3, -0.25) is 0 Å². The average Bonchev–Trinajstić information content (AvgIpc) is 2.68. The van der Waals surface area contributed by atoms with E-state index in [0.717, 1.165) is 5.56 Å². The molecule has 1 aliphatic carbocycles. The smallest absolute Gasteiger partial charge is 0.318 e. The van der Waals surface area contributed by atoms with Crippen molar-refractivity contribution in [2.45, 2.75) is 50.7 Å². The minimum Gasteiger partial charge on any atom is -0.351 e. The van der Waals surface area contributed by atoms with E-state index in [2.05, 4.69) is 20.6 Å². The Hall–Kier alpha value is -2.55. The monoisotopic (exact) mass is 439 g/mol. The number of alkyl halides is 2. The number of carbonyl (C=O) groups excluding carboxylic acids is 1. The topological polar surface area (TPSA) is 70.2 Å². The number of halogens is 4. The summed E-state index contributed by atoms with van der Waals surface area (Å²) in [4.78, 5) is 23.0. The second-order valence-electron chi connectivity index (χ2n) is 7.79. The highest BCUT2D eigenvalue weighted by Gasteiger charge is 2.45. The Morgan fingerprint density at radius 2 is 2.13 bits per heavy atom. The number of carbonyl (C=O) groups is 1. The molecule has 0 bridgehead atoms. The van der Waals surface area contributed by atoms with Crippen molar-refractivity contribution in [2.24, 2.45) is 0 Å². The Labute approximate surface area is 176 Å². The van der Waals surface area contributed by atoms with Crippen LogP contribution in [0.3, 0.4) is 0 Å². The van der Waals surface area contributed by atoms with Crippen molar-refractivity contribution in [1.29, 1.82) is 0 Å². The molecule has 0 spiro atoms. The summed E-state index contributed by atoms with van der Waals surface area (Å²) in [5.74, 6) is -2.83. The first-order valence-electron chi connectivity index (χ1n) is 9.70. The molecule has 2 aromatic rings. The van der Waals surface area contributed by atoms with Gasteiger partial charge in [0, 0.05) is 31.6 Å². The number of fused-ring (bicyclic) bond motifs is 1. The Kier molecular flexibility index (Phi) is 5.48. The van der Waals surface area contributed by atoms with Crippen molar-refractivity contribution >= 4 is 23.6 Å². The van der Waals surface area contributed by atoms with Gasteiger partial charge in [-0.25, -0.2) is 27.9 Å². The summed E-state index contributed by atoms with van der Waals surface area (Å²) in [5, 5.41) is 5.81. The van der Waals surface area contributed by atoms with Gasteiger partial charge in [0.1, 0.15) is 5.82 Å². The number of nitrogens with one attached hydrogen (secondary N) is 2. The molecule has 2 amide bonds. The molecule has 1 unspecified atom stereocenters. The largest absolute Gasteiger partial charge is 0.351 e. The molecule has 4 rings (SSSR count). The lowest BCUT2D eigenvalue weighted by molar-refractivity contribution is -0.0794.